The van der Waals surface area contributed by atoms with Crippen molar-refractivity contribution in [3.63, 3.8) is 0 Å². The van der Waals surface area contributed by atoms with Gasteiger partial charge in [0.05, 0.1) is 22.8 Å². The normalized spacial score (nSPS) is 11.1. The number of imidazole rings is 1. The van der Waals surface area contributed by atoms with Crippen LogP contribution >= 0.6 is 11.6 Å². The molecule has 2 N–H and O–H groups in total. The van der Waals surface area contributed by atoms with Crippen molar-refractivity contribution in [2.24, 2.45) is 0 Å². The lowest BCUT2D eigenvalue weighted by molar-refractivity contribution is 0.0953. The summed E-state index contributed by atoms with van der Waals surface area (Å²) in [7, 11) is 0. The highest BCUT2D eigenvalue weighted by molar-refractivity contribution is 6.31. The number of nitrogens with zero attached hydrogens (tertiary/aromatic N) is 3. The van der Waals surface area contributed by atoms with Gasteiger partial charge in [0, 0.05) is 30.2 Å². The second-order valence-electron chi connectivity index (χ2n) is 5.72. The molecule has 2 aromatic heterocycles. The van der Waals surface area contributed by atoms with Crippen LogP contribution in [0.15, 0.2) is 24.4 Å². The first-order valence-corrected chi connectivity index (χ1v) is 8.41. The van der Waals surface area contributed by atoms with Crippen molar-refractivity contribution in [1.82, 2.24) is 25.1 Å². The largest absolute Gasteiger partial charge is 0.351 e. The Morgan fingerprint density at radius 1 is 1.42 bits per heavy atom. The number of rotatable bonds is 6. The Hall–Kier alpha value is -2.34. The Bertz CT molecular complexity index is 867. The lowest BCUT2D eigenvalue weighted by atomic mass is 10.2. The van der Waals surface area contributed by atoms with Gasteiger partial charge in [0.2, 0.25) is 0 Å². The molecule has 0 spiro atoms. The Morgan fingerprint density at radius 3 is 3.04 bits per heavy atom. The van der Waals surface area contributed by atoms with E-state index in [1.54, 1.807) is 6.20 Å². The smallest absolute Gasteiger partial charge is 0.254 e. The van der Waals surface area contributed by atoms with Gasteiger partial charge in [-0.1, -0.05) is 18.5 Å². The van der Waals surface area contributed by atoms with Crippen molar-refractivity contribution in [2.75, 3.05) is 6.54 Å². The quantitative estimate of drug-likeness (QED) is 0.720. The molecule has 2 heterocycles. The summed E-state index contributed by atoms with van der Waals surface area (Å²) in [6.45, 7) is 5.33. The Kier molecular flexibility index (Phi) is 4.85. The standard InChI is InChI=1S/C17H20ClN5O/c1-3-8-23-11(2)13(10-20-23)17(24)19-7-6-16-21-14-5-4-12(18)9-15(14)22-16/h4-5,9-10H,3,6-8H2,1-2H3,(H,19,24)(H,21,22). The fourth-order valence-electron chi connectivity index (χ4n) is 2.65. The Balaban J connectivity index is 1.60. The minimum Gasteiger partial charge on any atom is -0.351 e. The third kappa shape index (κ3) is 3.43. The molecule has 24 heavy (non-hydrogen) atoms. The minimum absolute atomic E-state index is 0.103. The van der Waals surface area contributed by atoms with Crippen LogP contribution in [0.3, 0.4) is 0 Å². The van der Waals surface area contributed by atoms with Gasteiger partial charge in [-0.05, 0) is 31.5 Å². The minimum atomic E-state index is -0.103. The van der Waals surface area contributed by atoms with Gasteiger partial charge in [-0.25, -0.2) is 4.98 Å². The average molecular weight is 346 g/mol. The third-order valence-electron chi connectivity index (χ3n) is 3.92. The summed E-state index contributed by atoms with van der Waals surface area (Å²) in [6, 6.07) is 5.53. The van der Waals surface area contributed by atoms with Gasteiger partial charge < -0.3 is 10.3 Å². The molecule has 1 aromatic carbocycles. The predicted octanol–water partition coefficient (Wildman–Crippen LogP) is 3.10. The number of carbonyl (C=O) groups is 1. The van der Waals surface area contributed by atoms with Crippen LogP contribution in [0.4, 0.5) is 0 Å². The number of aromatic nitrogens is 4. The second-order valence-corrected chi connectivity index (χ2v) is 6.15. The van der Waals surface area contributed by atoms with E-state index in [-0.39, 0.29) is 5.91 Å². The molecule has 6 nitrogen and oxygen atoms in total. The lowest BCUT2D eigenvalue weighted by Crippen LogP contribution is -2.26. The number of H-pyrrole nitrogens is 1. The van der Waals surface area contributed by atoms with Crippen molar-refractivity contribution in [1.29, 1.82) is 0 Å². The summed E-state index contributed by atoms with van der Waals surface area (Å²) in [5.74, 6) is 0.722. The summed E-state index contributed by atoms with van der Waals surface area (Å²) in [5.41, 5.74) is 3.30. The van der Waals surface area contributed by atoms with E-state index in [1.807, 2.05) is 29.8 Å². The van der Waals surface area contributed by atoms with Gasteiger partial charge in [-0.15, -0.1) is 0 Å². The molecular weight excluding hydrogens is 326 g/mol. The molecule has 126 valence electrons. The van der Waals surface area contributed by atoms with Crippen LogP contribution in [0.1, 0.15) is 35.2 Å². The average Bonchev–Trinajstić information content (AvgIpc) is 3.11. The van der Waals surface area contributed by atoms with Crippen molar-refractivity contribution < 1.29 is 4.79 Å². The van der Waals surface area contributed by atoms with Gasteiger partial charge in [0.1, 0.15) is 5.82 Å². The highest BCUT2D eigenvalue weighted by Crippen LogP contribution is 2.17. The van der Waals surface area contributed by atoms with Gasteiger partial charge in [0.15, 0.2) is 0 Å². The number of fused-ring (bicyclic) bond motifs is 1. The molecule has 0 fully saturated rings. The van der Waals surface area contributed by atoms with E-state index < -0.39 is 0 Å². The van der Waals surface area contributed by atoms with Crippen molar-refractivity contribution >= 4 is 28.5 Å². The molecule has 0 unspecified atom stereocenters. The first-order valence-electron chi connectivity index (χ1n) is 8.03. The molecule has 3 aromatic rings. The summed E-state index contributed by atoms with van der Waals surface area (Å²) in [5, 5.41) is 7.85. The number of hydrogen-bond acceptors (Lipinski definition) is 3. The molecule has 0 saturated carbocycles. The van der Waals surface area contributed by atoms with Gasteiger partial charge in [-0.3, -0.25) is 9.48 Å². The number of carbonyl (C=O) groups excluding carboxylic acids is 1. The van der Waals surface area contributed by atoms with E-state index in [1.165, 1.54) is 0 Å². The lowest BCUT2D eigenvalue weighted by Gasteiger charge is -2.05. The summed E-state index contributed by atoms with van der Waals surface area (Å²) in [4.78, 5) is 20.0. The van der Waals surface area contributed by atoms with E-state index in [0.29, 0.717) is 23.6 Å². The fraction of sp³-hybridized carbons (Fsp3) is 0.353. The number of benzene rings is 1. The first kappa shape index (κ1) is 16.5. The highest BCUT2D eigenvalue weighted by Gasteiger charge is 2.13. The van der Waals surface area contributed by atoms with E-state index in [0.717, 1.165) is 35.5 Å². The number of nitrogens with one attached hydrogen (secondary N) is 2. The first-order chi connectivity index (χ1) is 11.6. The molecule has 0 atom stereocenters. The molecule has 7 heteroatoms. The second kappa shape index (κ2) is 7.05. The van der Waals surface area contributed by atoms with Gasteiger partial charge >= 0.3 is 0 Å². The number of hydrogen-bond donors (Lipinski definition) is 2. The molecule has 1 amide bonds. The Morgan fingerprint density at radius 2 is 2.25 bits per heavy atom. The highest BCUT2D eigenvalue weighted by atomic mass is 35.5. The molecule has 0 aliphatic rings. The number of amides is 1. The summed E-state index contributed by atoms with van der Waals surface area (Å²) < 4.78 is 1.86. The summed E-state index contributed by atoms with van der Waals surface area (Å²) >= 11 is 5.97. The maximum Gasteiger partial charge on any atom is 0.254 e. The van der Waals surface area contributed by atoms with Crippen molar-refractivity contribution in [3.8, 4) is 0 Å². The van der Waals surface area contributed by atoms with E-state index >= 15 is 0 Å². The van der Waals surface area contributed by atoms with Crippen LogP contribution in [-0.4, -0.2) is 32.2 Å². The SMILES string of the molecule is CCCn1ncc(C(=O)NCCc2nc3ccc(Cl)cc3[nH]2)c1C. The van der Waals surface area contributed by atoms with Crippen LogP contribution in [-0.2, 0) is 13.0 Å². The number of halogens is 1. The zero-order valence-electron chi connectivity index (χ0n) is 13.8. The number of aromatic amines is 1. The zero-order chi connectivity index (χ0) is 17.1. The fourth-order valence-corrected chi connectivity index (χ4v) is 2.82. The van der Waals surface area contributed by atoms with E-state index in [2.05, 4.69) is 27.3 Å². The number of aryl methyl sites for hydroxylation is 1. The van der Waals surface area contributed by atoms with E-state index in [4.69, 9.17) is 11.6 Å². The van der Waals surface area contributed by atoms with E-state index in [9.17, 15) is 4.79 Å². The summed E-state index contributed by atoms with van der Waals surface area (Å²) in [6.07, 6.45) is 3.24. The monoisotopic (exact) mass is 345 g/mol. The molecule has 0 bridgehead atoms. The van der Waals surface area contributed by atoms with Crippen LogP contribution in [0.2, 0.25) is 5.02 Å². The predicted molar refractivity (Wildman–Crippen MR) is 94.4 cm³/mol. The Labute approximate surface area is 145 Å². The maximum absolute atomic E-state index is 12.3. The van der Waals surface area contributed by atoms with Gasteiger partial charge in [0.25, 0.3) is 5.91 Å². The van der Waals surface area contributed by atoms with Crippen LogP contribution in [0, 0.1) is 6.92 Å². The third-order valence-corrected chi connectivity index (χ3v) is 4.16. The molecular formula is C17H20ClN5O. The molecule has 0 aliphatic heterocycles. The molecule has 3 rings (SSSR count). The molecule has 0 saturated heterocycles. The van der Waals surface area contributed by atoms with Crippen molar-refractivity contribution in [3.05, 3.63) is 46.5 Å². The topological polar surface area (TPSA) is 75.6 Å². The van der Waals surface area contributed by atoms with Crippen LogP contribution in [0.25, 0.3) is 11.0 Å². The maximum atomic E-state index is 12.3. The van der Waals surface area contributed by atoms with Crippen LogP contribution < -0.4 is 5.32 Å². The molecule has 0 radical (unpaired) electrons. The van der Waals surface area contributed by atoms with Gasteiger partial charge in [-0.2, -0.15) is 5.10 Å². The van der Waals surface area contributed by atoms with Crippen LogP contribution in [0.5, 0.6) is 0 Å². The molecule has 0 aliphatic carbocycles. The zero-order valence-corrected chi connectivity index (χ0v) is 14.5. The van der Waals surface area contributed by atoms with Crippen molar-refractivity contribution in [2.45, 2.75) is 33.2 Å².